The number of carbonyl (C=O) groups is 1. The average molecular weight is 232 g/mol. The van der Waals surface area contributed by atoms with Crippen LogP contribution in [0.1, 0.15) is 13.3 Å². The summed E-state index contributed by atoms with van der Waals surface area (Å²) in [5.41, 5.74) is 0. The average Bonchev–Trinajstić information content (AvgIpc) is 2.27. The van der Waals surface area contributed by atoms with Gasteiger partial charge in [-0.3, -0.25) is 4.79 Å². The normalized spacial score (nSPS) is 23.5. The molecule has 0 saturated carbocycles. The monoisotopic (exact) mass is 232 g/mol. The Morgan fingerprint density at radius 2 is 2.53 bits per heavy atom. The van der Waals surface area contributed by atoms with Gasteiger partial charge in [0.1, 0.15) is 0 Å². The third kappa shape index (κ3) is 5.39. The predicted octanol–water partition coefficient (Wildman–Crippen LogP) is 0.233. The third-order valence-corrected chi connectivity index (χ3v) is 3.38. The molecule has 0 radical (unpaired) electrons. The quantitative estimate of drug-likeness (QED) is 0.712. The van der Waals surface area contributed by atoms with Gasteiger partial charge in [0.25, 0.3) is 0 Å². The van der Waals surface area contributed by atoms with Crippen molar-refractivity contribution in [1.82, 2.24) is 10.6 Å². The molecule has 1 aliphatic rings. The largest absolute Gasteiger partial charge is 0.375 e. The van der Waals surface area contributed by atoms with Crippen LogP contribution in [0.2, 0.25) is 0 Å². The van der Waals surface area contributed by atoms with Gasteiger partial charge >= 0.3 is 0 Å². The van der Waals surface area contributed by atoms with Crippen molar-refractivity contribution >= 4 is 17.7 Å². The highest BCUT2D eigenvalue weighted by Gasteiger charge is 2.17. The highest BCUT2D eigenvalue weighted by Crippen LogP contribution is 2.04. The summed E-state index contributed by atoms with van der Waals surface area (Å²) in [6, 6.07) is 0. The first kappa shape index (κ1) is 12.8. The van der Waals surface area contributed by atoms with Crippen molar-refractivity contribution in [1.29, 1.82) is 0 Å². The van der Waals surface area contributed by atoms with Crippen molar-refractivity contribution in [3.8, 4) is 0 Å². The summed E-state index contributed by atoms with van der Waals surface area (Å²) in [5, 5.41) is 6.59. The Labute approximate surface area is 95.5 Å². The molecule has 0 spiro atoms. The number of rotatable bonds is 5. The van der Waals surface area contributed by atoms with E-state index >= 15 is 0 Å². The fourth-order valence-electron chi connectivity index (χ4n) is 1.37. The summed E-state index contributed by atoms with van der Waals surface area (Å²) >= 11 is 1.75. The molecule has 1 heterocycles. The van der Waals surface area contributed by atoms with Crippen LogP contribution in [0.15, 0.2) is 0 Å². The van der Waals surface area contributed by atoms with Crippen LogP contribution in [0.3, 0.4) is 0 Å². The van der Waals surface area contributed by atoms with Crippen LogP contribution in [0.4, 0.5) is 0 Å². The Kier molecular flexibility index (Phi) is 6.05. The van der Waals surface area contributed by atoms with Gasteiger partial charge in [-0.05, 0) is 6.26 Å². The van der Waals surface area contributed by atoms with E-state index in [-0.39, 0.29) is 12.0 Å². The molecule has 0 aromatic rings. The molecule has 1 aliphatic heterocycles. The zero-order valence-corrected chi connectivity index (χ0v) is 10.2. The molecule has 0 unspecified atom stereocenters. The van der Waals surface area contributed by atoms with E-state index in [1.807, 2.05) is 6.26 Å². The number of nitrogens with one attached hydrogen (secondary N) is 2. The zero-order chi connectivity index (χ0) is 11.1. The van der Waals surface area contributed by atoms with E-state index in [1.165, 1.54) is 0 Å². The van der Waals surface area contributed by atoms with Crippen LogP contribution in [0, 0.1) is 0 Å². The second-order valence-corrected chi connectivity index (χ2v) is 5.03. The van der Waals surface area contributed by atoms with Gasteiger partial charge in [0.15, 0.2) is 0 Å². The summed E-state index contributed by atoms with van der Waals surface area (Å²) in [4.78, 5) is 11.5. The number of thioether (sulfide) groups is 1. The molecule has 15 heavy (non-hydrogen) atoms. The van der Waals surface area contributed by atoms with Crippen LogP contribution < -0.4 is 10.6 Å². The molecule has 0 aliphatic carbocycles. The lowest BCUT2D eigenvalue weighted by molar-refractivity contribution is -0.124. The maximum atomic E-state index is 11.5. The number of hydrogen-bond acceptors (Lipinski definition) is 4. The van der Waals surface area contributed by atoms with E-state index in [2.05, 4.69) is 17.6 Å². The van der Waals surface area contributed by atoms with E-state index in [1.54, 1.807) is 11.8 Å². The van der Waals surface area contributed by atoms with Crippen LogP contribution in [-0.4, -0.2) is 49.8 Å². The first-order chi connectivity index (χ1) is 7.22. The number of carbonyl (C=O) groups excluding carboxylic acids is 1. The smallest absolute Gasteiger partial charge is 0.222 e. The molecular weight excluding hydrogens is 212 g/mol. The Bertz CT molecular complexity index is 196. The van der Waals surface area contributed by atoms with Crippen molar-refractivity contribution in [3.63, 3.8) is 0 Å². The second-order valence-electron chi connectivity index (χ2n) is 3.75. The maximum Gasteiger partial charge on any atom is 0.222 e. The summed E-state index contributed by atoms with van der Waals surface area (Å²) < 4.78 is 5.45. The SMILES string of the molecule is CS[C@@H](C)CNC(=O)C[C@@H]1CNCCO1. The van der Waals surface area contributed by atoms with Crippen molar-refractivity contribution < 1.29 is 9.53 Å². The second kappa shape index (κ2) is 7.09. The van der Waals surface area contributed by atoms with E-state index < -0.39 is 0 Å². The molecule has 1 rings (SSSR count). The van der Waals surface area contributed by atoms with Gasteiger partial charge in [-0.15, -0.1) is 0 Å². The molecule has 0 bridgehead atoms. The van der Waals surface area contributed by atoms with Crippen molar-refractivity contribution in [2.45, 2.75) is 24.7 Å². The van der Waals surface area contributed by atoms with Gasteiger partial charge in [0.05, 0.1) is 19.1 Å². The predicted molar refractivity (Wildman–Crippen MR) is 63.2 cm³/mol. The van der Waals surface area contributed by atoms with Crippen LogP contribution >= 0.6 is 11.8 Å². The van der Waals surface area contributed by atoms with E-state index in [0.717, 1.165) is 19.6 Å². The number of ether oxygens (including phenoxy) is 1. The Morgan fingerprint density at radius 3 is 3.13 bits per heavy atom. The van der Waals surface area contributed by atoms with Gasteiger partial charge in [0, 0.05) is 24.9 Å². The summed E-state index contributed by atoms with van der Waals surface area (Å²) in [7, 11) is 0. The van der Waals surface area contributed by atoms with Gasteiger partial charge in [0.2, 0.25) is 5.91 Å². The van der Waals surface area contributed by atoms with Crippen molar-refractivity contribution in [3.05, 3.63) is 0 Å². The van der Waals surface area contributed by atoms with Crippen LogP contribution in [-0.2, 0) is 9.53 Å². The third-order valence-electron chi connectivity index (χ3n) is 2.41. The number of morpholine rings is 1. The minimum absolute atomic E-state index is 0.0448. The summed E-state index contributed by atoms with van der Waals surface area (Å²) in [6.45, 7) is 5.22. The first-order valence-electron chi connectivity index (χ1n) is 5.34. The maximum absolute atomic E-state index is 11.5. The van der Waals surface area contributed by atoms with Gasteiger partial charge in [-0.25, -0.2) is 0 Å². The number of hydrogen-bond donors (Lipinski definition) is 2. The molecule has 1 saturated heterocycles. The number of amides is 1. The van der Waals surface area contributed by atoms with Crippen molar-refractivity contribution in [2.24, 2.45) is 0 Å². The zero-order valence-electron chi connectivity index (χ0n) is 9.41. The molecule has 2 atom stereocenters. The molecule has 4 nitrogen and oxygen atoms in total. The fraction of sp³-hybridized carbons (Fsp3) is 0.900. The lowest BCUT2D eigenvalue weighted by atomic mass is 10.2. The van der Waals surface area contributed by atoms with Crippen molar-refractivity contribution in [2.75, 3.05) is 32.5 Å². The fourth-order valence-corrected chi connectivity index (χ4v) is 1.62. The van der Waals surface area contributed by atoms with Gasteiger partial charge < -0.3 is 15.4 Å². The van der Waals surface area contributed by atoms with E-state index in [4.69, 9.17) is 4.74 Å². The molecule has 0 aromatic heterocycles. The van der Waals surface area contributed by atoms with E-state index in [9.17, 15) is 4.79 Å². The minimum atomic E-state index is 0.0448. The molecule has 0 aromatic carbocycles. The lowest BCUT2D eigenvalue weighted by Crippen LogP contribution is -2.42. The standard InChI is InChI=1S/C10H20N2O2S/c1-8(15-2)6-12-10(13)5-9-7-11-3-4-14-9/h8-9,11H,3-7H2,1-2H3,(H,12,13)/t8-,9+/m0/s1. The highest BCUT2D eigenvalue weighted by molar-refractivity contribution is 7.99. The molecule has 88 valence electrons. The first-order valence-corrected chi connectivity index (χ1v) is 6.63. The summed E-state index contributed by atoms with van der Waals surface area (Å²) in [5.74, 6) is 0.0876. The van der Waals surface area contributed by atoms with Crippen LogP contribution in [0.25, 0.3) is 0 Å². The highest BCUT2D eigenvalue weighted by atomic mass is 32.2. The summed E-state index contributed by atoms with van der Waals surface area (Å²) in [6.07, 6.45) is 2.56. The van der Waals surface area contributed by atoms with E-state index in [0.29, 0.717) is 18.3 Å². The molecule has 5 heteroatoms. The van der Waals surface area contributed by atoms with Crippen LogP contribution in [0.5, 0.6) is 0 Å². The molecule has 2 N–H and O–H groups in total. The van der Waals surface area contributed by atoms with Gasteiger partial charge in [-0.1, -0.05) is 6.92 Å². The molecule has 1 amide bonds. The molecular formula is C10H20N2O2S. The lowest BCUT2D eigenvalue weighted by Gasteiger charge is -2.23. The Hall–Kier alpha value is -0.260. The Morgan fingerprint density at radius 1 is 1.73 bits per heavy atom. The Balaban J connectivity index is 2.11. The topological polar surface area (TPSA) is 50.4 Å². The van der Waals surface area contributed by atoms with Gasteiger partial charge in [-0.2, -0.15) is 11.8 Å². The molecule has 1 fully saturated rings. The minimum Gasteiger partial charge on any atom is -0.375 e.